The molecule has 2 aliphatic rings. The van der Waals surface area contributed by atoms with Crippen molar-refractivity contribution in [1.29, 1.82) is 0 Å². The Morgan fingerprint density at radius 2 is 2.35 bits per heavy atom. The molecule has 4 atom stereocenters. The zero-order valence-electron chi connectivity index (χ0n) is 9.87. The van der Waals surface area contributed by atoms with E-state index in [0.29, 0.717) is 18.2 Å². The van der Waals surface area contributed by atoms with Crippen molar-refractivity contribution >= 4 is 5.78 Å². The molecule has 2 saturated heterocycles. The number of hydrogen-bond acceptors (Lipinski definition) is 4. The molecule has 4 heteroatoms. The molecule has 0 unspecified atom stereocenters. The van der Waals surface area contributed by atoms with Gasteiger partial charge in [-0.2, -0.15) is 0 Å². The van der Waals surface area contributed by atoms with Gasteiger partial charge in [0.2, 0.25) is 0 Å². The van der Waals surface area contributed by atoms with Crippen molar-refractivity contribution < 1.29 is 14.3 Å². The first kappa shape index (κ1) is 11.0. The maximum atomic E-state index is 12.1. The molecular formula is C13H17NO3. The third-order valence-corrected chi connectivity index (χ3v) is 4.29. The Morgan fingerprint density at radius 1 is 1.53 bits per heavy atom. The number of aliphatic hydroxyl groups is 1. The van der Waals surface area contributed by atoms with E-state index in [0.717, 1.165) is 12.8 Å². The Labute approximate surface area is 100 Å². The first-order chi connectivity index (χ1) is 8.18. The van der Waals surface area contributed by atoms with E-state index in [2.05, 4.69) is 11.9 Å². The summed E-state index contributed by atoms with van der Waals surface area (Å²) in [6.45, 7) is 0. The molecular weight excluding hydrogens is 218 g/mol. The molecule has 2 fully saturated rings. The van der Waals surface area contributed by atoms with Crippen molar-refractivity contribution in [2.45, 2.75) is 37.5 Å². The second kappa shape index (κ2) is 3.96. The summed E-state index contributed by atoms with van der Waals surface area (Å²) in [6.07, 6.45) is 3.36. The highest BCUT2D eigenvalue weighted by Crippen LogP contribution is 2.41. The lowest BCUT2D eigenvalue weighted by Gasteiger charge is -2.38. The van der Waals surface area contributed by atoms with E-state index < -0.39 is 6.10 Å². The van der Waals surface area contributed by atoms with Gasteiger partial charge in [-0.3, -0.25) is 9.69 Å². The summed E-state index contributed by atoms with van der Waals surface area (Å²) in [6, 6.07) is 4.03. The second-order valence-electron chi connectivity index (χ2n) is 5.12. The average molecular weight is 235 g/mol. The van der Waals surface area contributed by atoms with Crippen LogP contribution in [0.3, 0.4) is 0 Å². The number of fused-ring (bicyclic) bond motifs is 2. The topological polar surface area (TPSA) is 53.7 Å². The number of carbonyl (C=O) groups is 1. The fourth-order valence-electron chi connectivity index (χ4n) is 3.33. The SMILES string of the molecule is CN1[C@H]2CC[C@@H]1[C@@H]([C@H](O)c1ccco1)C(=O)C2. The van der Waals surface area contributed by atoms with Crippen LogP contribution in [0.1, 0.15) is 31.1 Å². The fraction of sp³-hybridized carbons (Fsp3) is 0.615. The van der Waals surface area contributed by atoms with Crippen LogP contribution in [0.5, 0.6) is 0 Å². The normalized spacial score (nSPS) is 35.2. The second-order valence-corrected chi connectivity index (χ2v) is 5.12. The van der Waals surface area contributed by atoms with Gasteiger partial charge < -0.3 is 9.52 Å². The minimum atomic E-state index is -0.802. The lowest BCUT2D eigenvalue weighted by atomic mass is 9.84. The van der Waals surface area contributed by atoms with Gasteiger partial charge in [0.15, 0.2) is 0 Å². The van der Waals surface area contributed by atoms with E-state index in [1.807, 2.05) is 0 Å². The summed E-state index contributed by atoms with van der Waals surface area (Å²) >= 11 is 0. The van der Waals surface area contributed by atoms with Gasteiger partial charge in [0, 0.05) is 18.5 Å². The largest absolute Gasteiger partial charge is 0.467 e. The van der Waals surface area contributed by atoms with E-state index in [1.54, 1.807) is 12.1 Å². The molecule has 1 aromatic rings. The van der Waals surface area contributed by atoms with Crippen molar-refractivity contribution in [3.8, 4) is 0 Å². The minimum absolute atomic E-state index is 0.168. The maximum absolute atomic E-state index is 12.1. The van der Waals surface area contributed by atoms with Gasteiger partial charge in [0.1, 0.15) is 17.6 Å². The van der Waals surface area contributed by atoms with Crippen molar-refractivity contribution in [3.63, 3.8) is 0 Å². The highest BCUT2D eigenvalue weighted by atomic mass is 16.4. The fourth-order valence-corrected chi connectivity index (χ4v) is 3.33. The van der Waals surface area contributed by atoms with E-state index in [4.69, 9.17) is 4.42 Å². The molecule has 3 heterocycles. The number of furan rings is 1. The highest BCUT2D eigenvalue weighted by molar-refractivity contribution is 5.84. The molecule has 17 heavy (non-hydrogen) atoms. The standard InChI is InChI=1S/C13H17NO3/c1-14-8-4-5-9(14)12(10(15)7-8)13(16)11-3-2-6-17-11/h2-3,6,8-9,12-13,16H,4-5,7H2,1H3/t8-,9+,12+,13+/m0/s1. The van der Waals surface area contributed by atoms with Crippen molar-refractivity contribution in [3.05, 3.63) is 24.2 Å². The number of nitrogens with zero attached hydrogens (tertiary/aromatic N) is 1. The lowest BCUT2D eigenvalue weighted by molar-refractivity contribution is -0.134. The first-order valence-electron chi connectivity index (χ1n) is 6.14. The van der Waals surface area contributed by atoms with Crippen LogP contribution in [0.4, 0.5) is 0 Å². The molecule has 92 valence electrons. The predicted molar refractivity (Wildman–Crippen MR) is 61.4 cm³/mol. The molecule has 0 spiro atoms. The summed E-state index contributed by atoms with van der Waals surface area (Å²) in [5, 5.41) is 10.3. The van der Waals surface area contributed by atoms with Gasteiger partial charge in [0.05, 0.1) is 12.2 Å². The summed E-state index contributed by atoms with van der Waals surface area (Å²) in [4.78, 5) is 14.4. The number of hydrogen-bond donors (Lipinski definition) is 1. The van der Waals surface area contributed by atoms with Gasteiger partial charge >= 0.3 is 0 Å². The Kier molecular flexibility index (Phi) is 2.56. The van der Waals surface area contributed by atoms with Gasteiger partial charge in [-0.25, -0.2) is 0 Å². The number of piperidine rings is 1. The number of carbonyl (C=O) groups excluding carboxylic acids is 1. The summed E-state index contributed by atoms with van der Waals surface area (Å²) in [5.74, 6) is 0.353. The number of Topliss-reactive ketones (excluding diaryl/α,β-unsaturated/α-hetero) is 1. The Morgan fingerprint density at radius 3 is 3.06 bits per heavy atom. The smallest absolute Gasteiger partial charge is 0.142 e. The van der Waals surface area contributed by atoms with Gasteiger partial charge in [-0.1, -0.05) is 0 Å². The van der Waals surface area contributed by atoms with Crippen molar-refractivity contribution in [1.82, 2.24) is 4.90 Å². The molecule has 0 saturated carbocycles. The van der Waals surface area contributed by atoms with E-state index in [9.17, 15) is 9.90 Å². The summed E-state index contributed by atoms with van der Waals surface area (Å²) in [5.41, 5.74) is 0. The Bertz CT molecular complexity index is 414. The van der Waals surface area contributed by atoms with E-state index in [-0.39, 0.29) is 17.7 Å². The van der Waals surface area contributed by atoms with Crippen LogP contribution in [0.15, 0.2) is 22.8 Å². The van der Waals surface area contributed by atoms with Gasteiger partial charge in [-0.05, 0) is 32.0 Å². The molecule has 4 nitrogen and oxygen atoms in total. The van der Waals surface area contributed by atoms with Crippen LogP contribution < -0.4 is 0 Å². The average Bonchev–Trinajstić information content (AvgIpc) is 2.89. The molecule has 1 N–H and O–H groups in total. The van der Waals surface area contributed by atoms with E-state index in [1.165, 1.54) is 6.26 Å². The summed E-state index contributed by atoms with van der Waals surface area (Å²) in [7, 11) is 2.05. The number of rotatable bonds is 2. The van der Waals surface area contributed by atoms with Crippen LogP contribution in [-0.2, 0) is 4.79 Å². The monoisotopic (exact) mass is 235 g/mol. The molecule has 1 aromatic heterocycles. The molecule has 0 aliphatic carbocycles. The Balaban J connectivity index is 1.88. The van der Waals surface area contributed by atoms with E-state index >= 15 is 0 Å². The molecule has 2 bridgehead atoms. The molecule has 0 radical (unpaired) electrons. The zero-order valence-corrected chi connectivity index (χ0v) is 9.87. The van der Waals surface area contributed by atoms with Crippen LogP contribution in [-0.4, -0.2) is 34.9 Å². The number of ketones is 1. The molecule has 0 aromatic carbocycles. The highest BCUT2D eigenvalue weighted by Gasteiger charge is 2.48. The third-order valence-electron chi connectivity index (χ3n) is 4.29. The summed E-state index contributed by atoms with van der Waals surface area (Å²) < 4.78 is 5.22. The van der Waals surface area contributed by atoms with Crippen LogP contribution in [0, 0.1) is 5.92 Å². The minimum Gasteiger partial charge on any atom is -0.467 e. The quantitative estimate of drug-likeness (QED) is 0.841. The van der Waals surface area contributed by atoms with Gasteiger partial charge in [0.25, 0.3) is 0 Å². The van der Waals surface area contributed by atoms with Crippen LogP contribution >= 0.6 is 0 Å². The van der Waals surface area contributed by atoms with Crippen LogP contribution in [0.25, 0.3) is 0 Å². The van der Waals surface area contributed by atoms with Crippen molar-refractivity contribution in [2.24, 2.45) is 5.92 Å². The first-order valence-corrected chi connectivity index (χ1v) is 6.14. The maximum Gasteiger partial charge on any atom is 0.142 e. The van der Waals surface area contributed by atoms with Crippen molar-refractivity contribution in [2.75, 3.05) is 7.05 Å². The molecule has 0 amide bonds. The zero-order chi connectivity index (χ0) is 12.0. The number of aliphatic hydroxyl groups excluding tert-OH is 1. The van der Waals surface area contributed by atoms with Crippen LogP contribution in [0.2, 0.25) is 0 Å². The lowest BCUT2D eigenvalue weighted by Crippen LogP contribution is -2.49. The molecule has 2 aliphatic heterocycles. The predicted octanol–water partition coefficient (Wildman–Crippen LogP) is 1.36. The third kappa shape index (κ3) is 1.63. The van der Waals surface area contributed by atoms with Gasteiger partial charge in [-0.15, -0.1) is 0 Å². The molecule has 3 rings (SSSR count). The Hall–Kier alpha value is -1.13.